The summed E-state index contributed by atoms with van der Waals surface area (Å²) in [6.45, 7) is 4.02. The van der Waals surface area contributed by atoms with Gasteiger partial charge in [-0.1, -0.05) is 0 Å². The van der Waals surface area contributed by atoms with Crippen LogP contribution in [0.5, 0.6) is 0 Å². The highest BCUT2D eigenvalue weighted by Gasteiger charge is 2.13. The lowest BCUT2D eigenvalue weighted by molar-refractivity contribution is 0.0953. The zero-order valence-corrected chi connectivity index (χ0v) is 12.8. The van der Waals surface area contributed by atoms with Gasteiger partial charge < -0.3 is 10.2 Å². The van der Waals surface area contributed by atoms with E-state index in [1.54, 1.807) is 6.20 Å². The van der Waals surface area contributed by atoms with Gasteiger partial charge in [-0.15, -0.1) is 11.3 Å². The van der Waals surface area contributed by atoms with Crippen molar-refractivity contribution in [3.63, 3.8) is 0 Å². The van der Waals surface area contributed by atoms with Gasteiger partial charge in [-0.05, 0) is 19.9 Å². The second-order valence-corrected chi connectivity index (χ2v) is 5.76. The summed E-state index contributed by atoms with van der Waals surface area (Å²) in [5.74, 6) is 1.27. The highest BCUT2D eigenvalue weighted by molar-refractivity contribution is 7.13. The van der Waals surface area contributed by atoms with Gasteiger partial charge in [0.05, 0.1) is 17.2 Å². The van der Waals surface area contributed by atoms with Crippen molar-refractivity contribution >= 4 is 23.1 Å². The summed E-state index contributed by atoms with van der Waals surface area (Å²) in [5.41, 5.74) is 0.757. The minimum atomic E-state index is -0.132. The third-order valence-electron chi connectivity index (χ3n) is 2.67. The van der Waals surface area contributed by atoms with Gasteiger partial charge in [-0.2, -0.15) is 0 Å². The number of hydrogen-bond donors (Lipinski definition) is 1. The van der Waals surface area contributed by atoms with Gasteiger partial charge in [0.15, 0.2) is 0 Å². The number of anilines is 1. The Hall–Kier alpha value is -2.02. The number of amides is 1. The van der Waals surface area contributed by atoms with Gasteiger partial charge in [0.25, 0.3) is 5.91 Å². The number of aromatic nitrogens is 3. The highest BCUT2D eigenvalue weighted by Crippen LogP contribution is 2.16. The molecule has 6 nitrogen and oxygen atoms in total. The van der Waals surface area contributed by atoms with Gasteiger partial charge >= 0.3 is 0 Å². The molecule has 0 aromatic carbocycles. The molecule has 2 heterocycles. The van der Waals surface area contributed by atoms with E-state index in [2.05, 4.69) is 20.3 Å². The van der Waals surface area contributed by atoms with Crippen LogP contribution in [0.1, 0.15) is 26.2 Å². The molecule has 0 fully saturated rings. The summed E-state index contributed by atoms with van der Waals surface area (Å²) >= 11 is 1.39. The lowest BCUT2D eigenvalue weighted by Crippen LogP contribution is -2.24. The molecule has 0 aliphatic heterocycles. The number of thiazole rings is 1. The topological polar surface area (TPSA) is 71.0 Å². The maximum absolute atomic E-state index is 12.1. The van der Waals surface area contributed by atoms with E-state index in [0.717, 1.165) is 16.5 Å². The average Bonchev–Trinajstić information content (AvgIpc) is 2.75. The molecule has 0 aliphatic carbocycles. The first kappa shape index (κ1) is 14.4. The molecule has 0 spiro atoms. The van der Waals surface area contributed by atoms with Crippen molar-refractivity contribution in [3.05, 3.63) is 33.7 Å². The molecule has 0 aliphatic rings. The first-order chi connectivity index (χ1) is 9.47. The number of carbonyl (C=O) groups is 1. The molecule has 2 aromatic rings. The van der Waals surface area contributed by atoms with Gasteiger partial charge in [-0.25, -0.2) is 15.0 Å². The normalized spacial score (nSPS) is 10.4. The fourth-order valence-corrected chi connectivity index (χ4v) is 2.54. The molecule has 20 heavy (non-hydrogen) atoms. The van der Waals surface area contributed by atoms with Gasteiger partial charge in [0, 0.05) is 20.3 Å². The second-order valence-electron chi connectivity index (χ2n) is 4.56. The summed E-state index contributed by atoms with van der Waals surface area (Å²) < 4.78 is 0. The average molecular weight is 291 g/mol. The van der Waals surface area contributed by atoms with E-state index >= 15 is 0 Å². The van der Waals surface area contributed by atoms with Gasteiger partial charge in [-0.3, -0.25) is 4.79 Å². The molecule has 0 saturated carbocycles. The van der Waals surface area contributed by atoms with Crippen LogP contribution >= 0.6 is 11.3 Å². The van der Waals surface area contributed by atoms with Crippen LogP contribution in [0.25, 0.3) is 0 Å². The molecule has 0 saturated heterocycles. The van der Waals surface area contributed by atoms with E-state index in [1.165, 1.54) is 11.3 Å². The molecule has 0 atom stereocenters. The minimum absolute atomic E-state index is 0.132. The third kappa shape index (κ3) is 3.30. The van der Waals surface area contributed by atoms with Crippen LogP contribution in [0.15, 0.2) is 12.3 Å². The third-order valence-corrected chi connectivity index (χ3v) is 3.74. The molecule has 0 unspecified atom stereocenters. The van der Waals surface area contributed by atoms with E-state index in [-0.39, 0.29) is 5.91 Å². The van der Waals surface area contributed by atoms with E-state index in [0.29, 0.717) is 17.2 Å². The van der Waals surface area contributed by atoms with Crippen LogP contribution in [0.4, 0.5) is 5.82 Å². The molecular formula is C13H17N5OS. The van der Waals surface area contributed by atoms with E-state index in [4.69, 9.17) is 0 Å². The lowest BCUT2D eigenvalue weighted by Gasteiger charge is -2.11. The summed E-state index contributed by atoms with van der Waals surface area (Å²) in [7, 11) is 3.82. The van der Waals surface area contributed by atoms with Crippen LogP contribution < -0.4 is 10.2 Å². The van der Waals surface area contributed by atoms with Crippen molar-refractivity contribution in [2.24, 2.45) is 0 Å². The summed E-state index contributed by atoms with van der Waals surface area (Å²) in [6.07, 6.45) is 1.69. The number of aryl methyl sites for hydroxylation is 2. The smallest absolute Gasteiger partial charge is 0.263 e. The zero-order valence-electron chi connectivity index (χ0n) is 12.0. The molecule has 0 bridgehead atoms. The monoisotopic (exact) mass is 291 g/mol. The Morgan fingerprint density at radius 3 is 2.70 bits per heavy atom. The molecule has 1 N–H and O–H groups in total. The van der Waals surface area contributed by atoms with Crippen LogP contribution in [0.3, 0.4) is 0 Å². The summed E-state index contributed by atoms with van der Waals surface area (Å²) in [6, 6.07) is 1.82. The Labute approximate surface area is 121 Å². The number of carbonyl (C=O) groups excluding carboxylic acids is 1. The van der Waals surface area contributed by atoms with Crippen molar-refractivity contribution in [3.8, 4) is 0 Å². The van der Waals surface area contributed by atoms with Crippen molar-refractivity contribution in [2.45, 2.75) is 20.4 Å². The maximum atomic E-state index is 12.1. The first-order valence-electron chi connectivity index (χ1n) is 6.19. The SMILES string of the molecule is Cc1nc(C)c(C(=O)NCc2nccc(N(C)C)n2)s1. The summed E-state index contributed by atoms with van der Waals surface area (Å²) in [5, 5.41) is 3.71. The van der Waals surface area contributed by atoms with Crippen molar-refractivity contribution in [1.82, 2.24) is 20.3 Å². The van der Waals surface area contributed by atoms with Crippen LogP contribution in [0.2, 0.25) is 0 Å². The standard InChI is InChI=1S/C13H17N5OS/c1-8-12(20-9(2)16-8)13(19)15-7-10-14-6-5-11(17-10)18(3)4/h5-6H,7H2,1-4H3,(H,15,19). The Morgan fingerprint density at radius 1 is 1.35 bits per heavy atom. The molecule has 2 rings (SSSR count). The van der Waals surface area contributed by atoms with Crippen LogP contribution in [-0.2, 0) is 6.54 Å². The van der Waals surface area contributed by atoms with E-state index in [9.17, 15) is 4.79 Å². The predicted molar refractivity (Wildman–Crippen MR) is 79.1 cm³/mol. The molecule has 1 amide bonds. The van der Waals surface area contributed by atoms with Crippen molar-refractivity contribution < 1.29 is 4.79 Å². The number of hydrogen-bond acceptors (Lipinski definition) is 6. The number of nitrogens with zero attached hydrogens (tertiary/aromatic N) is 4. The minimum Gasteiger partial charge on any atom is -0.363 e. The Balaban J connectivity index is 2.03. The molecule has 7 heteroatoms. The molecular weight excluding hydrogens is 274 g/mol. The highest BCUT2D eigenvalue weighted by atomic mass is 32.1. The van der Waals surface area contributed by atoms with Crippen molar-refractivity contribution in [2.75, 3.05) is 19.0 Å². The lowest BCUT2D eigenvalue weighted by atomic mass is 10.3. The fourth-order valence-electron chi connectivity index (χ4n) is 1.70. The summed E-state index contributed by atoms with van der Waals surface area (Å²) in [4.78, 5) is 27.3. The van der Waals surface area contributed by atoms with Crippen LogP contribution in [0, 0.1) is 13.8 Å². The second kappa shape index (κ2) is 5.96. The largest absolute Gasteiger partial charge is 0.363 e. The van der Waals surface area contributed by atoms with Gasteiger partial charge in [0.2, 0.25) is 0 Å². The fraction of sp³-hybridized carbons (Fsp3) is 0.385. The molecule has 2 aromatic heterocycles. The van der Waals surface area contributed by atoms with Gasteiger partial charge in [0.1, 0.15) is 16.5 Å². The number of nitrogens with one attached hydrogen (secondary N) is 1. The van der Waals surface area contributed by atoms with E-state index < -0.39 is 0 Å². The number of rotatable bonds is 4. The Bertz CT molecular complexity index is 623. The zero-order chi connectivity index (χ0) is 14.7. The molecule has 0 radical (unpaired) electrons. The van der Waals surface area contributed by atoms with Crippen LogP contribution in [-0.4, -0.2) is 35.0 Å². The predicted octanol–water partition coefficient (Wildman–Crippen LogP) is 1.55. The quantitative estimate of drug-likeness (QED) is 0.925. The first-order valence-corrected chi connectivity index (χ1v) is 7.00. The van der Waals surface area contributed by atoms with E-state index in [1.807, 2.05) is 38.9 Å². The Kier molecular flexibility index (Phi) is 4.29. The maximum Gasteiger partial charge on any atom is 0.263 e. The molecule has 106 valence electrons. The van der Waals surface area contributed by atoms with Crippen molar-refractivity contribution in [1.29, 1.82) is 0 Å². The Morgan fingerprint density at radius 2 is 2.10 bits per heavy atom.